The van der Waals surface area contributed by atoms with Crippen LogP contribution in [0.15, 0.2) is 18.2 Å². The fourth-order valence-corrected chi connectivity index (χ4v) is 2.61. The third kappa shape index (κ3) is 3.11. The molecule has 1 aromatic carbocycles. The smallest absolute Gasteiger partial charge is 0.0678 e. The molecule has 0 saturated heterocycles. The summed E-state index contributed by atoms with van der Waals surface area (Å²) in [5, 5.41) is 9.13. The minimum atomic E-state index is 0.614. The Morgan fingerprint density at radius 2 is 1.79 bits per heavy atom. The highest BCUT2D eigenvalue weighted by atomic mass is 35.5. The van der Waals surface area contributed by atoms with Crippen LogP contribution in [-0.2, 0) is 6.54 Å². The van der Waals surface area contributed by atoms with Crippen molar-refractivity contribution >= 4 is 23.2 Å². The Bertz CT molecular complexity index is 570. The van der Waals surface area contributed by atoms with Gasteiger partial charge in [0, 0.05) is 27.8 Å². The summed E-state index contributed by atoms with van der Waals surface area (Å²) < 4.78 is 1.89. The molecule has 0 amide bonds. The van der Waals surface area contributed by atoms with Gasteiger partial charge < -0.3 is 5.32 Å². The molecule has 2 aromatic rings. The molecule has 102 valence electrons. The van der Waals surface area contributed by atoms with E-state index in [1.165, 1.54) is 5.56 Å². The highest BCUT2D eigenvalue weighted by Gasteiger charge is 2.13. The van der Waals surface area contributed by atoms with Gasteiger partial charge in [-0.1, -0.05) is 30.1 Å². The Hall–Kier alpha value is -1.03. The molecule has 1 heterocycles. The van der Waals surface area contributed by atoms with Crippen molar-refractivity contribution in [1.29, 1.82) is 0 Å². The quantitative estimate of drug-likeness (QED) is 0.927. The van der Waals surface area contributed by atoms with Crippen molar-refractivity contribution in [2.24, 2.45) is 0 Å². The molecule has 0 radical (unpaired) electrons. The topological polar surface area (TPSA) is 29.9 Å². The molecule has 5 heteroatoms. The number of nitrogens with one attached hydrogen (secondary N) is 1. The molecule has 0 aliphatic rings. The van der Waals surface area contributed by atoms with E-state index in [9.17, 15) is 0 Å². The second kappa shape index (κ2) is 5.95. The predicted molar refractivity (Wildman–Crippen MR) is 80.4 cm³/mol. The summed E-state index contributed by atoms with van der Waals surface area (Å²) in [6.07, 6.45) is 0. The molecule has 0 spiro atoms. The number of hydrogen-bond acceptors (Lipinski definition) is 2. The number of rotatable bonds is 4. The van der Waals surface area contributed by atoms with E-state index in [1.54, 1.807) is 6.07 Å². The average molecular weight is 298 g/mol. The zero-order valence-corrected chi connectivity index (χ0v) is 12.8. The van der Waals surface area contributed by atoms with E-state index in [0.29, 0.717) is 10.0 Å². The Balaban J connectivity index is 2.45. The largest absolute Gasteiger partial charge is 0.313 e. The van der Waals surface area contributed by atoms with Crippen molar-refractivity contribution in [2.45, 2.75) is 27.3 Å². The van der Waals surface area contributed by atoms with Gasteiger partial charge in [0.2, 0.25) is 0 Å². The number of aromatic nitrogens is 2. The first-order valence-electron chi connectivity index (χ1n) is 6.25. The van der Waals surface area contributed by atoms with Gasteiger partial charge in [-0.3, -0.25) is 0 Å². The summed E-state index contributed by atoms with van der Waals surface area (Å²) >= 11 is 12.1. The summed E-state index contributed by atoms with van der Waals surface area (Å²) in [4.78, 5) is 0. The van der Waals surface area contributed by atoms with Crippen LogP contribution in [0.25, 0.3) is 5.69 Å². The lowest BCUT2D eigenvalue weighted by Crippen LogP contribution is -2.13. The van der Waals surface area contributed by atoms with Crippen LogP contribution in [-0.4, -0.2) is 16.3 Å². The van der Waals surface area contributed by atoms with Crippen LogP contribution in [0, 0.1) is 13.8 Å². The van der Waals surface area contributed by atoms with E-state index in [4.69, 9.17) is 23.2 Å². The van der Waals surface area contributed by atoms with Gasteiger partial charge in [0.25, 0.3) is 0 Å². The van der Waals surface area contributed by atoms with Crippen molar-refractivity contribution in [3.05, 3.63) is 45.2 Å². The highest BCUT2D eigenvalue weighted by Crippen LogP contribution is 2.24. The molecule has 1 aromatic heterocycles. The van der Waals surface area contributed by atoms with Gasteiger partial charge in [-0.15, -0.1) is 0 Å². The summed E-state index contributed by atoms with van der Waals surface area (Å²) in [6, 6.07) is 5.45. The average Bonchev–Trinajstić information content (AvgIpc) is 2.61. The first kappa shape index (κ1) is 14.4. The van der Waals surface area contributed by atoms with Crippen molar-refractivity contribution < 1.29 is 0 Å². The number of benzene rings is 1. The van der Waals surface area contributed by atoms with E-state index in [1.807, 2.05) is 23.7 Å². The maximum Gasteiger partial charge on any atom is 0.0678 e. The van der Waals surface area contributed by atoms with Gasteiger partial charge in [-0.05, 0) is 38.6 Å². The number of hydrogen-bond donors (Lipinski definition) is 1. The van der Waals surface area contributed by atoms with E-state index in [-0.39, 0.29) is 0 Å². The first-order chi connectivity index (χ1) is 9.02. The van der Waals surface area contributed by atoms with Crippen LogP contribution < -0.4 is 5.32 Å². The molecule has 19 heavy (non-hydrogen) atoms. The van der Waals surface area contributed by atoms with E-state index in [2.05, 4.69) is 24.3 Å². The number of nitrogens with zero attached hydrogens (tertiary/aromatic N) is 2. The van der Waals surface area contributed by atoms with Gasteiger partial charge in [0.15, 0.2) is 0 Å². The second-order valence-electron chi connectivity index (χ2n) is 4.47. The lowest BCUT2D eigenvalue weighted by molar-refractivity contribution is 0.719. The standard InChI is InChI=1S/C14H17Cl2N3/c1-4-17-8-14-9(2)18-19(10(14)3)13-6-11(15)5-12(16)7-13/h5-7,17H,4,8H2,1-3H3. The Kier molecular flexibility index (Phi) is 4.50. The summed E-state index contributed by atoms with van der Waals surface area (Å²) in [6.45, 7) is 7.92. The molecule has 0 atom stereocenters. The van der Waals surface area contributed by atoms with Crippen LogP contribution >= 0.6 is 23.2 Å². The normalized spacial score (nSPS) is 11.0. The lowest BCUT2D eigenvalue weighted by atomic mass is 10.2. The summed E-state index contributed by atoms with van der Waals surface area (Å²) in [5.74, 6) is 0. The van der Waals surface area contributed by atoms with Crippen molar-refractivity contribution in [3.8, 4) is 5.69 Å². The van der Waals surface area contributed by atoms with E-state index >= 15 is 0 Å². The maximum absolute atomic E-state index is 6.04. The molecule has 0 saturated carbocycles. The van der Waals surface area contributed by atoms with Gasteiger partial charge in [-0.25, -0.2) is 4.68 Å². The first-order valence-corrected chi connectivity index (χ1v) is 7.00. The molecule has 3 nitrogen and oxygen atoms in total. The van der Waals surface area contributed by atoms with Gasteiger partial charge >= 0.3 is 0 Å². The lowest BCUT2D eigenvalue weighted by Gasteiger charge is -2.07. The SMILES string of the molecule is CCNCc1c(C)nn(-c2cc(Cl)cc(Cl)c2)c1C. The fourth-order valence-electron chi connectivity index (χ4n) is 2.09. The van der Waals surface area contributed by atoms with Crippen molar-refractivity contribution in [1.82, 2.24) is 15.1 Å². The molecule has 0 aliphatic heterocycles. The van der Waals surface area contributed by atoms with Gasteiger partial charge in [-0.2, -0.15) is 5.10 Å². The van der Waals surface area contributed by atoms with Crippen LogP contribution in [0.3, 0.4) is 0 Å². The Labute approximate surface area is 123 Å². The molecule has 1 N–H and O–H groups in total. The zero-order valence-electron chi connectivity index (χ0n) is 11.3. The second-order valence-corrected chi connectivity index (χ2v) is 5.34. The van der Waals surface area contributed by atoms with Crippen molar-refractivity contribution in [2.75, 3.05) is 6.54 Å². The fraction of sp³-hybridized carbons (Fsp3) is 0.357. The minimum Gasteiger partial charge on any atom is -0.313 e. The summed E-state index contributed by atoms with van der Waals surface area (Å²) in [5.41, 5.74) is 4.24. The predicted octanol–water partition coefficient (Wildman–Crippen LogP) is 3.91. The third-order valence-corrected chi connectivity index (χ3v) is 3.52. The zero-order chi connectivity index (χ0) is 14.0. The monoisotopic (exact) mass is 297 g/mol. The molecule has 0 aliphatic carbocycles. The number of aryl methyl sites for hydroxylation is 1. The molecule has 0 fully saturated rings. The molecule has 2 rings (SSSR count). The molecular weight excluding hydrogens is 281 g/mol. The van der Waals surface area contributed by atoms with E-state index in [0.717, 1.165) is 30.2 Å². The van der Waals surface area contributed by atoms with Crippen LogP contribution in [0.5, 0.6) is 0 Å². The van der Waals surface area contributed by atoms with Gasteiger partial charge in [0.1, 0.15) is 0 Å². The maximum atomic E-state index is 6.04. The Morgan fingerprint density at radius 1 is 1.16 bits per heavy atom. The minimum absolute atomic E-state index is 0.614. The van der Waals surface area contributed by atoms with E-state index < -0.39 is 0 Å². The van der Waals surface area contributed by atoms with Crippen LogP contribution in [0.2, 0.25) is 10.0 Å². The summed E-state index contributed by atoms with van der Waals surface area (Å²) in [7, 11) is 0. The molecule has 0 bridgehead atoms. The molecular formula is C14H17Cl2N3. The van der Waals surface area contributed by atoms with Crippen LogP contribution in [0.1, 0.15) is 23.9 Å². The van der Waals surface area contributed by atoms with Crippen molar-refractivity contribution in [3.63, 3.8) is 0 Å². The van der Waals surface area contributed by atoms with Gasteiger partial charge in [0.05, 0.1) is 11.4 Å². The Morgan fingerprint density at radius 3 is 2.37 bits per heavy atom. The van der Waals surface area contributed by atoms with Crippen LogP contribution in [0.4, 0.5) is 0 Å². The third-order valence-electron chi connectivity index (χ3n) is 3.08. The highest BCUT2D eigenvalue weighted by molar-refractivity contribution is 6.34. The molecule has 0 unspecified atom stereocenters. The number of halogens is 2.